The Hall–Kier alpha value is -3.11. The third kappa shape index (κ3) is 4.84. The average molecular weight is 386 g/mol. The van der Waals surface area contributed by atoms with Crippen LogP contribution >= 0.6 is 0 Å². The fourth-order valence-corrected chi connectivity index (χ4v) is 3.73. The summed E-state index contributed by atoms with van der Waals surface area (Å²) in [7, 11) is 0. The minimum Gasteiger partial charge on any atom is -0.494 e. The van der Waals surface area contributed by atoms with E-state index in [1.165, 1.54) is 16.7 Å². The molecule has 1 N–H and O–H groups in total. The van der Waals surface area contributed by atoms with E-state index in [0.29, 0.717) is 12.2 Å². The molecule has 3 aromatic rings. The number of carbonyl (C=O) groups excluding carboxylic acids is 1. The van der Waals surface area contributed by atoms with Crippen LogP contribution in [0.15, 0.2) is 72.8 Å². The Balaban J connectivity index is 1.38. The molecular weight excluding hydrogens is 360 g/mol. The van der Waals surface area contributed by atoms with Crippen molar-refractivity contribution in [2.75, 3.05) is 18.5 Å². The highest BCUT2D eigenvalue weighted by molar-refractivity contribution is 6.04. The van der Waals surface area contributed by atoms with Crippen LogP contribution in [-0.4, -0.2) is 24.0 Å². The van der Waals surface area contributed by atoms with Gasteiger partial charge in [0.1, 0.15) is 5.75 Å². The first-order valence-electron chi connectivity index (χ1n) is 10.1. The van der Waals surface area contributed by atoms with Crippen molar-refractivity contribution in [1.82, 2.24) is 4.90 Å². The van der Waals surface area contributed by atoms with Crippen molar-refractivity contribution < 1.29 is 9.53 Å². The highest BCUT2D eigenvalue weighted by Crippen LogP contribution is 2.25. The summed E-state index contributed by atoms with van der Waals surface area (Å²) in [6.45, 7) is 5.53. The lowest BCUT2D eigenvalue weighted by atomic mass is 9.99. The molecular formula is C25H26N2O2. The topological polar surface area (TPSA) is 41.6 Å². The summed E-state index contributed by atoms with van der Waals surface area (Å²) in [6, 6.07) is 23.8. The number of fused-ring (bicyclic) bond motifs is 1. The Bertz CT molecular complexity index is 968. The second kappa shape index (κ2) is 8.93. The smallest absolute Gasteiger partial charge is 0.255 e. The molecule has 4 rings (SSSR count). The van der Waals surface area contributed by atoms with Crippen molar-refractivity contribution >= 4 is 11.6 Å². The molecule has 0 fully saturated rings. The molecule has 0 aromatic heterocycles. The van der Waals surface area contributed by atoms with Gasteiger partial charge in [-0.2, -0.15) is 0 Å². The standard InChI is InChI=1S/C25H26N2O2/c1-2-29-24-13-12-20-14-15-27(18-22(20)16-24)17-19-8-10-21(11-9-19)25(28)26-23-6-4-3-5-7-23/h3-13,16H,2,14-15,17-18H2,1H3,(H,26,28). The Morgan fingerprint density at radius 1 is 1.00 bits per heavy atom. The quantitative estimate of drug-likeness (QED) is 0.655. The van der Waals surface area contributed by atoms with Crippen LogP contribution in [0.2, 0.25) is 0 Å². The summed E-state index contributed by atoms with van der Waals surface area (Å²) in [6.07, 6.45) is 1.05. The van der Waals surface area contributed by atoms with Gasteiger partial charge in [-0.3, -0.25) is 9.69 Å². The first kappa shape index (κ1) is 19.2. The van der Waals surface area contributed by atoms with E-state index in [4.69, 9.17) is 4.74 Å². The van der Waals surface area contributed by atoms with Gasteiger partial charge in [0, 0.05) is 30.9 Å². The monoisotopic (exact) mass is 386 g/mol. The summed E-state index contributed by atoms with van der Waals surface area (Å²) < 4.78 is 5.65. The molecule has 0 saturated heterocycles. The second-order valence-electron chi connectivity index (χ2n) is 7.34. The molecule has 3 aromatic carbocycles. The van der Waals surface area contributed by atoms with Gasteiger partial charge in [-0.15, -0.1) is 0 Å². The van der Waals surface area contributed by atoms with Gasteiger partial charge < -0.3 is 10.1 Å². The van der Waals surface area contributed by atoms with Gasteiger partial charge in [0.2, 0.25) is 0 Å². The summed E-state index contributed by atoms with van der Waals surface area (Å²) in [5, 5.41) is 2.92. The molecule has 4 nitrogen and oxygen atoms in total. The number of rotatable bonds is 6. The zero-order valence-corrected chi connectivity index (χ0v) is 16.7. The van der Waals surface area contributed by atoms with Crippen molar-refractivity contribution in [3.63, 3.8) is 0 Å². The molecule has 4 heteroatoms. The molecule has 1 aliphatic heterocycles. The number of carbonyl (C=O) groups is 1. The van der Waals surface area contributed by atoms with Crippen molar-refractivity contribution in [3.05, 3.63) is 95.1 Å². The van der Waals surface area contributed by atoms with Crippen LogP contribution in [0.1, 0.15) is 34.0 Å². The number of ether oxygens (including phenoxy) is 1. The Labute approximate surface area is 172 Å². The molecule has 0 saturated carbocycles. The van der Waals surface area contributed by atoms with E-state index in [2.05, 4.69) is 28.4 Å². The lowest BCUT2D eigenvalue weighted by molar-refractivity contribution is 0.102. The Kier molecular flexibility index (Phi) is 5.92. The molecule has 0 aliphatic carbocycles. The van der Waals surface area contributed by atoms with Crippen molar-refractivity contribution in [2.45, 2.75) is 26.4 Å². The number of amides is 1. The highest BCUT2D eigenvalue weighted by atomic mass is 16.5. The molecule has 0 unspecified atom stereocenters. The summed E-state index contributed by atoms with van der Waals surface area (Å²) in [4.78, 5) is 14.8. The van der Waals surface area contributed by atoms with E-state index in [0.717, 1.165) is 37.5 Å². The number of anilines is 1. The van der Waals surface area contributed by atoms with Crippen LogP contribution in [-0.2, 0) is 19.5 Å². The number of hydrogen-bond acceptors (Lipinski definition) is 3. The third-order valence-electron chi connectivity index (χ3n) is 5.23. The normalized spacial score (nSPS) is 13.6. The van der Waals surface area contributed by atoms with E-state index < -0.39 is 0 Å². The molecule has 0 spiro atoms. The molecule has 1 aliphatic rings. The van der Waals surface area contributed by atoms with Gasteiger partial charge in [0.25, 0.3) is 5.91 Å². The van der Waals surface area contributed by atoms with Crippen LogP contribution in [0.3, 0.4) is 0 Å². The fourth-order valence-electron chi connectivity index (χ4n) is 3.73. The van der Waals surface area contributed by atoms with Gasteiger partial charge in [0.15, 0.2) is 0 Å². The van der Waals surface area contributed by atoms with Crippen molar-refractivity contribution in [2.24, 2.45) is 0 Å². The number of hydrogen-bond donors (Lipinski definition) is 1. The van der Waals surface area contributed by atoms with E-state index in [1.807, 2.05) is 61.5 Å². The molecule has 0 radical (unpaired) electrons. The largest absolute Gasteiger partial charge is 0.494 e. The van der Waals surface area contributed by atoms with Gasteiger partial charge in [-0.1, -0.05) is 36.4 Å². The maximum absolute atomic E-state index is 12.4. The number of nitrogens with one attached hydrogen (secondary N) is 1. The maximum atomic E-state index is 12.4. The second-order valence-corrected chi connectivity index (χ2v) is 7.34. The van der Waals surface area contributed by atoms with Crippen LogP contribution in [0.5, 0.6) is 5.75 Å². The SMILES string of the molecule is CCOc1ccc2c(c1)CN(Cc1ccc(C(=O)Nc3ccccc3)cc1)CC2. The summed E-state index contributed by atoms with van der Waals surface area (Å²) >= 11 is 0. The van der Waals surface area contributed by atoms with Crippen LogP contribution in [0.25, 0.3) is 0 Å². The zero-order chi connectivity index (χ0) is 20.1. The first-order chi connectivity index (χ1) is 14.2. The fraction of sp³-hybridized carbons (Fsp3) is 0.240. The van der Waals surface area contributed by atoms with Crippen LogP contribution in [0.4, 0.5) is 5.69 Å². The first-order valence-corrected chi connectivity index (χ1v) is 10.1. The van der Waals surface area contributed by atoms with Crippen molar-refractivity contribution in [3.8, 4) is 5.75 Å². The summed E-state index contributed by atoms with van der Waals surface area (Å²) in [5.74, 6) is 0.861. The lowest BCUT2D eigenvalue weighted by Gasteiger charge is -2.29. The molecule has 0 bridgehead atoms. The van der Waals surface area contributed by atoms with Gasteiger partial charge in [-0.25, -0.2) is 0 Å². The van der Waals surface area contributed by atoms with Gasteiger partial charge in [0.05, 0.1) is 6.61 Å². The predicted octanol–water partition coefficient (Wildman–Crippen LogP) is 4.90. The number of para-hydroxylation sites is 1. The van der Waals surface area contributed by atoms with E-state index in [9.17, 15) is 4.79 Å². The minimum absolute atomic E-state index is 0.0851. The molecule has 1 heterocycles. The maximum Gasteiger partial charge on any atom is 0.255 e. The molecule has 148 valence electrons. The highest BCUT2D eigenvalue weighted by Gasteiger charge is 2.17. The van der Waals surface area contributed by atoms with Gasteiger partial charge in [-0.05, 0) is 66.4 Å². The predicted molar refractivity (Wildman–Crippen MR) is 116 cm³/mol. The van der Waals surface area contributed by atoms with E-state index in [-0.39, 0.29) is 5.91 Å². The van der Waals surface area contributed by atoms with Crippen LogP contribution < -0.4 is 10.1 Å². The van der Waals surface area contributed by atoms with Crippen LogP contribution in [0, 0.1) is 0 Å². The number of nitrogens with zero attached hydrogens (tertiary/aromatic N) is 1. The lowest BCUT2D eigenvalue weighted by Crippen LogP contribution is -2.30. The zero-order valence-electron chi connectivity index (χ0n) is 16.7. The number of benzene rings is 3. The third-order valence-corrected chi connectivity index (χ3v) is 5.23. The van der Waals surface area contributed by atoms with E-state index in [1.54, 1.807) is 0 Å². The van der Waals surface area contributed by atoms with Gasteiger partial charge >= 0.3 is 0 Å². The average Bonchev–Trinajstić information content (AvgIpc) is 2.75. The van der Waals surface area contributed by atoms with E-state index >= 15 is 0 Å². The Morgan fingerprint density at radius 2 is 1.79 bits per heavy atom. The molecule has 0 atom stereocenters. The molecule has 29 heavy (non-hydrogen) atoms. The summed E-state index contributed by atoms with van der Waals surface area (Å²) in [5.41, 5.74) is 5.45. The van der Waals surface area contributed by atoms with Crippen molar-refractivity contribution in [1.29, 1.82) is 0 Å². The minimum atomic E-state index is -0.0851. The molecule has 1 amide bonds. The Morgan fingerprint density at radius 3 is 2.55 bits per heavy atom.